The molecule has 1 saturated carbocycles. The molecule has 0 aromatic heterocycles. The van der Waals surface area contributed by atoms with Crippen molar-refractivity contribution in [3.8, 4) is 0 Å². The molecule has 0 saturated heterocycles. The highest BCUT2D eigenvalue weighted by molar-refractivity contribution is 5.71. The van der Waals surface area contributed by atoms with Crippen LogP contribution in [-0.4, -0.2) is 11.1 Å². The lowest BCUT2D eigenvalue weighted by atomic mass is 9.64. The van der Waals surface area contributed by atoms with Crippen LogP contribution < -0.4 is 0 Å². The van der Waals surface area contributed by atoms with Gasteiger partial charge >= 0.3 is 5.97 Å². The number of benzene rings is 1. The van der Waals surface area contributed by atoms with Crippen LogP contribution in [0, 0.1) is 18.3 Å². The molecule has 1 fully saturated rings. The Morgan fingerprint density at radius 3 is 2.61 bits per heavy atom. The lowest BCUT2D eigenvalue weighted by Gasteiger charge is -2.39. The van der Waals surface area contributed by atoms with Gasteiger partial charge in [0.05, 0.1) is 5.92 Å². The van der Waals surface area contributed by atoms with Gasteiger partial charge in [0, 0.05) is 0 Å². The number of carbonyl (C=O) groups is 1. The predicted molar refractivity (Wildman–Crippen MR) is 72.7 cm³/mol. The Morgan fingerprint density at radius 2 is 2.00 bits per heavy atom. The zero-order chi connectivity index (χ0) is 13.3. The van der Waals surface area contributed by atoms with Crippen LogP contribution in [0.4, 0.5) is 0 Å². The van der Waals surface area contributed by atoms with Crippen LogP contribution in [0.3, 0.4) is 0 Å². The molecule has 0 aliphatic heterocycles. The molecule has 2 heteroatoms. The van der Waals surface area contributed by atoms with Crippen LogP contribution in [-0.2, 0) is 4.79 Å². The van der Waals surface area contributed by atoms with Crippen molar-refractivity contribution >= 4 is 5.97 Å². The van der Waals surface area contributed by atoms with Crippen LogP contribution >= 0.6 is 0 Å². The molecular formula is C16H22O2. The summed E-state index contributed by atoms with van der Waals surface area (Å²) in [5.41, 5.74) is 2.68. The van der Waals surface area contributed by atoms with Crippen LogP contribution in [0.1, 0.15) is 50.2 Å². The SMILES string of the molecule is Cc1ccccc1C1CC(C)(C)CCC1C(=O)O. The molecule has 2 atom stereocenters. The molecule has 98 valence electrons. The molecular weight excluding hydrogens is 224 g/mol. The van der Waals surface area contributed by atoms with Crippen LogP contribution in [0.15, 0.2) is 24.3 Å². The number of hydrogen-bond donors (Lipinski definition) is 1. The molecule has 2 nitrogen and oxygen atoms in total. The molecule has 0 spiro atoms. The number of rotatable bonds is 2. The van der Waals surface area contributed by atoms with Crippen LogP contribution in [0.2, 0.25) is 0 Å². The van der Waals surface area contributed by atoms with Gasteiger partial charge in [-0.05, 0) is 48.6 Å². The smallest absolute Gasteiger partial charge is 0.307 e. The van der Waals surface area contributed by atoms with Gasteiger partial charge in [-0.25, -0.2) is 0 Å². The summed E-state index contributed by atoms with van der Waals surface area (Å²) in [6, 6.07) is 8.21. The summed E-state index contributed by atoms with van der Waals surface area (Å²) in [4.78, 5) is 11.5. The lowest BCUT2D eigenvalue weighted by Crippen LogP contribution is -2.33. The van der Waals surface area contributed by atoms with E-state index in [1.165, 1.54) is 11.1 Å². The molecule has 2 rings (SSSR count). The average Bonchev–Trinajstić information content (AvgIpc) is 2.27. The number of hydrogen-bond acceptors (Lipinski definition) is 1. The number of carboxylic acid groups (broad SMARTS) is 1. The number of aliphatic carboxylic acids is 1. The fourth-order valence-electron chi connectivity index (χ4n) is 3.21. The third kappa shape index (κ3) is 2.58. The van der Waals surface area contributed by atoms with Gasteiger partial charge in [0.25, 0.3) is 0 Å². The highest BCUT2D eigenvalue weighted by atomic mass is 16.4. The van der Waals surface area contributed by atoms with E-state index in [0.717, 1.165) is 19.3 Å². The van der Waals surface area contributed by atoms with Crippen LogP contribution in [0.5, 0.6) is 0 Å². The molecule has 2 unspecified atom stereocenters. The Hall–Kier alpha value is -1.31. The van der Waals surface area contributed by atoms with E-state index in [2.05, 4.69) is 32.9 Å². The lowest BCUT2D eigenvalue weighted by molar-refractivity contribution is -0.144. The van der Waals surface area contributed by atoms with Crippen molar-refractivity contribution in [2.45, 2.75) is 46.0 Å². The zero-order valence-corrected chi connectivity index (χ0v) is 11.4. The molecule has 0 radical (unpaired) electrons. The maximum Gasteiger partial charge on any atom is 0.307 e. The van der Waals surface area contributed by atoms with Crippen molar-refractivity contribution in [2.24, 2.45) is 11.3 Å². The summed E-state index contributed by atoms with van der Waals surface area (Å²) < 4.78 is 0. The van der Waals surface area contributed by atoms with E-state index in [1.54, 1.807) is 0 Å². The van der Waals surface area contributed by atoms with Crippen molar-refractivity contribution in [3.05, 3.63) is 35.4 Å². The van der Waals surface area contributed by atoms with E-state index < -0.39 is 5.97 Å². The average molecular weight is 246 g/mol. The molecule has 1 aromatic rings. The van der Waals surface area contributed by atoms with E-state index in [-0.39, 0.29) is 17.3 Å². The first-order valence-electron chi connectivity index (χ1n) is 6.69. The van der Waals surface area contributed by atoms with E-state index in [0.29, 0.717) is 0 Å². The first-order chi connectivity index (χ1) is 8.41. The van der Waals surface area contributed by atoms with Crippen molar-refractivity contribution in [1.29, 1.82) is 0 Å². The predicted octanol–water partition coefficient (Wildman–Crippen LogP) is 3.99. The first-order valence-corrected chi connectivity index (χ1v) is 6.69. The molecule has 1 N–H and O–H groups in total. The summed E-state index contributed by atoms with van der Waals surface area (Å²) in [6.07, 6.45) is 2.77. The molecule has 0 heterocycles. The Morgan fingerprint density at radius 1 is 1.33 bits per heavy atom. The third-order valence-corrected chi connectivity index (χ3v) is 4.30. The van der Waals surface area contributed by atoms with Crippen LogP contribution in [0.25, 0.3) is 0 Å². The summed E-state index contributed by atoms with van der Waals surface area (Å²) in [5.74, 6) is -0.703. The highest BCUT2D eigenvalue weighted by Crippen LogP contribution is 2.47. The molecule has 18 heavy (non-hydrogen) atoms. The second-order valence-corrected chi connectivity index (χ2v) is 6.31. The number of aryl methyl sites for hydroxylation is 1. The topological polar surface area (TPSA) is 37.3 Å². The minimum Gasteiger partial charge on any atom is -0.481 e. The summed E-state index contributed by atoms with van der Waals surface area (Å²) >= 11 is 0. The van der Waals surface area contributed by atoms with Crippen molar-refractivity contribution in [2.75, 3.05) is 0 Å². The Kier molecular flexibility index (Phi) is 3.47. The fraction of sp³-hybridized carbons (Fsp3) is 0.562. The highest BCUT2D eigenvalue weighted by Gasteiger charge is 2.39. The van der Waals surface area contributed by atoms with Gasteiger partial charge in [-0.1, -0.05) is 38.1 Å². The van der Waals surface area contributed by atoms with Gasteiger partial charge in [-0.2, -0.15) is 0 Å². The van der Waals surface area contributed by atoms with E-state index in [9.17, 15) is 9.90 Å². The van der Waals surface area contributed by atoms with E-state index in [4.69, 9.17) is 0 Å². The first kappa shape index (κ1) is 13.1. The van der Waals surface area contributed by atoms with E-state index >= 15 is 0 Å². The number of carboxylic acids is 1. The zero-order valence-electron chi connectivity index (χ0n) is 11.4. The van der Waals surface area contributed by atoms with Crippen molar-refractivity contribution < 1.29 is 9.90 Å². The summed E-state index contributed by atoms with van der Waals surface area (Å²) in [6.45, 7) is 6.57. The van der Waals surface area contributed by atoms with Gasteiger partial charge in [-0.15, -0.1) is 0 Å². The van der Waals surface area contributed by atoms with Gasteiger partial charge in [0.15, 0.2) is 0 Å². The van der Waals surface area contributed by atoms with Gasteiger partial charge in [-0.3, -0.25) is 4.79 Å². The Labute approximate surface area is 109 Å². The fourth-order valence-corrected chi connectivity index (χ4v) is 3.21. The largest absolute Gasteiger partial charge is 0.481 e. The van der Waals surface area contributed by atoms with Crippen molar-refractivity contribution in [1.82, 2.24) is 0 Å². The monoisotopic (exact) mass is 246 g/mol. The minimum absolute atomic E-state index is 0.160. The van der Waals surface area contributed by atoms with Gasteiger partial charge in [0.1, 0.15) is 0 Å². The maximum absolute atomic E-state index is 11.5. The molecule has 0 bridgehead atoms. The summed E-state index contributed by atoms with van der Waals surface area (Å²) in [7, 11) is 0. The minimum atomic E-state index is -0.640. The molecule has 0 amide bonds. The Bertz CT molecular complexity index is 448. The van der Waals surface area contributed by atoms with Crippen molar-refractivity contribution in [3.63, 3.8) is 0 Å². The second-order valence-electron chi connectivity index (χ2n) is 6.31. The van der Waals surface area contributed by atoms with Gasteiger partial charge < -0.3 is 5.11 Å². The second kappa shape index (κ2) is 4.75. The molecule has 1 aliphatic rings. The van der Waals surface area contributed by atoms with E-state index in [1.807, 2.05) is 12.1 Å². The van der Waals surface area contributed by atoms with Gasteiger partial charge in [0.2, 0.25) is 0 Å². The molecule has 1 aromatic carbocycles. The maximum atomic E-state index is 11.5. The summed E-state index contributed by atoms with van der Waals surface area (Å²) in [5, 5.41) is 9.43. The Balaban J connectivity index is 2.36. The quantitative estimate of drug-likeness (QED) is 0.856. The standard InChI is InChI=1S/C16H22O2/c1-11-6-4-5-7-12(11)14-10-16(2,3)9-8-13(14)15(17)18/h4-7,13-14H,8-10H2,1-3H3,(H,17,18). The molecule has 1 aliphatic carbocycles. The normalized spacial score (nSPS) is 26.8. The third-order valence-electron chi connectivity index (χ3n) is 4.30.